The molecule has 0 aliphatic heterocycles. The number of methoxy groups -OCH3 is 5. The van der Waals surface area contributed by atoms with Crippen LogP contribution in [0, 0.1) is 0 Å². The van der Waals surface area contributed by atoms with Gasteiger partial charge in [-0.15, -0.1) is 11.8 Å². The lowest BCUT2D eigenvalue weighted by atomic mass is 10.1. The van der Waals surface area contributed by atoms with Crippen molar-refractivity contribution in [1.29, 1.82) is 0 Å². The number of ether oxygens (including phenoxy) is 5. The highest BCUT2D eigenvalue weighted by atomic mass is 32.2. The molecular formula is C21H23O6S+. The van der Waals surface area contributed by atoms with Crippen molar-refractivity contribution in [3.63, 3.8) is 0 Å². The molecule has 2 aromatic carbocycles. The summed E-state index contributed by atoms with van der Waals surface area (Å²) in [4.78, 5) is 0.910. The standard InChI is InChI=1S/C21H23O6S/c1-22-13-10-16(25-4)18-17(11-13)27-19(20(26-5)21(18)28-6)12-7-8-14(23-2)15(9-12)24-3/h7-11H,1-6H3/q+1. The first-order valence-corrected chi connectivity index (χ1v) is 9.70. The van der Waals surface area contributed by atoms with Crippen LogP contribution in [0.15, 0.2) is 39.6 Å². The Morgan fingerprint density at radius 1 is 0.750 bits per heavy atom. The fourth-order valence-corrected chi connectivity index (χ4v) is 3.84. The van der Waals surface area contributed by atoms with Crippen molar-refractivity contribution in [2.24, 2.45) is 0 Å². The van der Waals surface area contributed by atoms with E-state index in [2.05, 4.69) is 0 Å². The van der Waals surface area contributed by atoms with Gasteiger partial charge >= 0.3 is 11.3 Å². The van der Waals surface area contributed by atoms with Crippen LogP contribution >= 0.6 is 11.8 Å². The fourth-order valence-electron chi connectivity index (χ4n) is 3.07. The number of rotatable bonds is 7. The molecule has 0 aliphatic carbocycles. The molecule has 0 radical (unpaired) electrons. The fraction of sp³-hybridized carbons (Fsp3) is 0.286. The van der Waals surface area contributed by atoms with E-state index in [1.165, 1.54) is 0 Å². The summed E-state index contributed by atoms with van der Waals surface area (Å²) in [5, 5.41) is 0.830. The van der Waals surface area contributed by atoms with Gasteiger partial charge in [0.25, 0.3) is 0 Å². The molecule has 0 saturated heterocycles. The highest BCUT2D eigenvalue weighted by Crippen LogP contribution is 2.48. The lowest BCUT2D eigenvalue weighted by molar-refractivity contribution is 0.355. The average molecular weight is 403 g/mol. The van der Waals surface area contributed by atoms with Gasteiger partial charge in [-0.2, -0.15) is 0 Å². The summed E-state index contributed by atoms with van der Waals surface area (Å²) in [7, 11) is 8.04. The van der Waals surface area contributed by atoms with Crippen molar-refractivity contribution in [3.8, 4) is 40.1 Å². The maximum Gasteiger partial charge on any atom is 0.403 e. The molecule has 6 nitrogen and oxygen atoms in total. The lowest BCUT2D eigenvalue weighted by Gasteiger charge is -2.12. The van der Waals surface area contributed by atoms with Gasteiger partial charge in [-0.25, -0.2) is 4.42 Å². The summed E-state index contributed by atoms with van der Waals surface area (Å²) in [6.45, 7) is 0. The Kier molecular flexibility index (Phi) is 6.04. The maximum atomic E-state index is 6.28. The van der Waals surface area contributed by atoms with Crippen molar-refractivity contribution in [2.45, 2.75) is 4.90 Å². The Balaban J connectivity index is 2.37. The molecule has 0 atom stereocenters. The third-order valence-corrected chi connectivity index (χ3v) is 5.20. The average Bonchev–Trinajstić information content (AvgIpc) is 2.75. The van der Waals surface area contributed by atoms with Crippen LogP contribution in [-0.4, -0.2) is 41.8 Å². The van der Waals surface area contributed by atoms with Gasteiger partial charge in [0.15, 0.2) is 11.5 Å². The van der Waals surface area contributed by atoms with Crippen LogP contribution in [0.4, 0.5) is 0 Å². The van der Waals surface area contributed by atoms with E-state index in [1.807, 2.05) is 36.6 Å². The second-order valence-corrected chi connectivity index (χ2v) is 6.59. The predicted molar refractivity (Wildman–Crippen MR) is 111 cm³/mol. The molecule has 0 saturated carbocycles. The molecule has 1 aromatic heterocycles. The summed E-state index contributed by atoms with van der Waals surface area (Å²) in [6.07, 6.45) is 1.99. The first-order chi connectivity index (χ1) is 13.6. The minimum absolute atomic E-state index is 0.579. The Morgan fingerprint density at radius 3 is 2.04 bits per heavy atom. The molecule has 148 valence electrons. The van der Waals surface area contributed by atoms with Crippen LogP contribution in [-0.2, 0) is 0 Å². The summed E-state index contributed by atoms with van der Waals surface area (Å²) in [5.41, 5.74) is 1.43. The van der Waals surface area contributed by atoms with E-state index in [4.69, 9.17) is 28.1 Å². The SMILES string of the molecule is COc1cc(OC)c2c(SC)c(OC)c(-c3ccc(OC)c(OC)c3)[o+]c2c1. The molecule has 0 N–H and O–H groups in total. The molecule has 1 heterocycles. The monoisotopic (exact) mass is 403 g/mol. The molecule has 28 heavy (non-hydrogen) atoms. The summed E-state index contributed by atoms with van der Waals surface area (Å²) in [6, 6.07) is 9.25. The quantitative estimate of drug-likeness (QED) is 0.400. The van der Waals surface area contributed by atoms with E-state index in [9.17, 15) is 0 Å². The van der Waals surface area contributed by atoms with E-state index in [0.29, 0.717) is 40.1 Å². The highest BCUT2D eigenvalue weighted by molar-refractivity contribution is 7.99. The summed E-state index contributed by atoms with van der Waals surface area (Å²) >= 11 is 1.56. The second-order valence-electron chi connectivity index (χ2n) is 5.77. The van der Waals surface area contributed by atoms with Gasteiger partial charge in [0, 0.05) is 12.1 Å². The Labute approximate surface area is 168 Å². The van der Waals surface area contributed by atoms with Crippen molar-refractivity contribution in [2.75, 3.05) is 41.8 Å². The minimum Gasteiger partial charge on any atom is -0.496 e. The van der Waals surface area contributed by atoms with Crippen LogP contribution in [0.1, 0.15) is 0 Å². The minimum atomic E-state index is 0.579. The zero-order valence-corrected chi connectivity index (χ0v) is 17.6. The van der Waals surface area contributed by atoms with Gasteiger partial charge in [0.2, 0.25) is 5.75 Å². The molecule has 0 spiro atoms. The van der Waals surface area contributed by atoms with Crippen LogP contribution in [0.2, 0.25) is 0 Å². The number of fused-ring (bicyclic) bond motifs is 1. The third kappa shape index (κ3) is 3.38. The van der Waals surface area contributed by atoms with Crippen LogP contribution in [0.25, 0.3) is 22.3 Å². The summed E-state index contributed by atoms with van der Waals surface area (Å²) < 4.78 is 33.8. The molecule has 0 fully saturated rings. The lowest BCUT2D eigenvalue weighted by Crippen LogP contribution is -1.96. The number of thioether (sulfide) groups is 1. The molecule has 3 rings (SSSR count). The van der Waals surface area contributed by atoms with Gasteiger partial charge in [-0.05, 0) is 18.4 Å². The van der Waals surface area contributed by atoms with Crippen LogP contribution in [0.3, 0.4) is 0 Å². The maximum absolute atomic E-state index is 6.28. The Bertz CT molecular complexity index is 1000. The Morgan fingerprint density at radius 2 is 1.46 bits per heavy atom. The third-order valence-electron chi connectivity index (χ3n) is 4.40. The zero-order valence-electron chi connectivity index (χ0n) is 16.7. The molecule has 7 heteroatoms. The molecule has 0 bridgehead atoms. The van der Waals surface area contributed by atoms with Crippen molar-refractivity contribution < 1.29 is 28.1 Å². The predicted octanol–water partition coefficient (Wildman–Crippen LogP) is 5.15. The second kappa shape index (κ2) is 8.48. The van der Waals surface area contributed by atoms with E-state index in [0.717, 1.165) is 15.8 Å². The van der Waals surface area contributed by atoms with Gasteiger partial charge in [-0.3, -0.25) is 0 Å². The summed E-state index contributed by atoms with van der Waals surface area (Å²) in [5.74, 6) is 3.74. The van der Waals surface area contributed by atoms with Gasteiger partial charge < -0.3 is 23.7 Å². The molecule has 0 amide bonds. The van der Waals surface area contributed by atoms with Crippen molar-refractivity contribution >= 4 is 22.7 Å². The van der Waals surface area contributed by atoms with E-state index in [1.54, 1.807) is 47.3 Å². The molecular weight excluding hydrogens is 380 g/mol. The smallest absolute Gasteiger partial charge is 0.403 e. The first kappa shape index (κ1) is 19.9. The molecule has 0 unspecified atom stereocenters. The Hall–Kier alpha value is -2.80. The molecule has 0 aliphatic rings. The van der Waals surface area contributed by atoms with E-state index < -0.39 is 0 Å². The van der Waals surface area contributed by atoms with Gasteiger partial charge in [0.05, 0.1) is 52.1 Å². The first-order valence-electron chi connectivity index (χ1n) is 8.48. The topological polar surface area (TPSA) is 57.5 Å². The van der Waals surface area contributed by atoms with E-state index >= 15 is 0 Å². The molecule has 3 aromatic rings. The van der Waals surface area contributed by atoms with Crippen molar-refractivity contribution in [1.82, 2.24) is 0 Å². The van der Waals surface area contributed by atoms with Crippen molar-refractivity contribution in [3.05, 3.63) is 30.3 Å². The zero-order chi connectivity index (χ0) is 20.3. The van der Waals surface area contributed by atoms with Gasteiger partial charge in [-0.1, -0.05) is 0 Å². The number of hydrogen-bond acceptors (Lipinski definition) is 6. The van der Waals surface area contributed by atoms with E-state index in [-0.39, 0.29) is 0 Å². The highest BCUT2D eigenvalue weighted by Gasteiger charge is 2.31. The van der Waals surface area contributed by atoms with Crippen LogP contribution in [0.5, 0.6) is 28.7 Å². The van der Waals surface area contributed by atoms with Gasteiger partial charge in [0.1, 0.15) is 16.9 Å². The van der Waals surface area contributed by atoms with Crippen LogP contribution < -0.4 is 23.7 Å². The number of benzene rings is 2. The largest absolute Gasteiger partial charge is 0.496 e. The number of hydrogen-bond donors (Lipinski definition) is 0. The normalized spacial score (nSPS) is 10.6.